The summed E-state index contributed by atoms with van der Waals surface area (Å²) in [4.78, 5) is 6.75. The lowest BCUT2D eigenvalue weighted by molar-refractivity contribution is -0.0272. The summed E-state index contributed by atoms with van der Waals surface area (Å²) in [7, 11) is 2.11. The third kappa shape index (κ3) is 2.89. The van der Waals surface area contributed by atoms with E-state index in [-0.39, 0.29) is 12.9 Å². The van der Waals surface area contributed by atoms with Crippen LogP contribution in [0.1, 0.15) is 0 Å². The molecule has 4 rings (SSSR count). The summed E-state index contributed by atoms with van der Waals surface area (Å²) >= 11 is 6.41. The summed E-state index contributed by atoms with van der Waals surface area (Å²) in [5.41, 5.74) is 0.838. The summed E-state index contributed by atoms with van der Waals surface area (Å²) in [5.74, 6) is 2.19. The number of hydrogen-bond acceptors (Lipinski definition) is 5. The molecule has 1 fully saturated rings. The molecule has 1 atom stereocenters. The maximum absolute atomic E-state index is 6.41. The number of hydrogen-bond donors (Lipinski definition) is 0. The summed E-state index contributed by atoms with van der Waals surface area (Å²) in [5, 5.41) is 0.600. The standard InChI is InChI=1S/C16H18ClN3O3/c1-19-4-5-21-11(8-19)9-20-3-2-18-16(20)12-6-14-15(7-13(12)17)23-10-22-14/h2-3,6-7,11H,4-5,8-10H2,1H3. The molecule has 0 N–H and O–H groups in total. The van der Waals surface area contributed by atoms with E-state index < -0.39 is 0 Å². The number of morpholine rings is 1. The van der Waals surface area contributed by atoms with Crippen LogP contribution >= 0.6 is 11.6 Å². The highest BCUT2D eigenvalue weighted by Gasteiger charge is 2.22. The van der Waals surface area contributed by atoms with Gasteiger partial charge in [-0.2, -0.15) is 0 Å². The molecule has 0 spiro atoms. The van der Waals surface area contributed by atoms with Gasteiger partial charge in [0.25, 0.3) is 0 Å². The first-order valence-corrected chi connectivity index (χ1v) is 7.99. The Morgan fingerprint density at radius 1 is 1.30 bits per heavy atom. The number of aromatic nitrogens is 2. The van der Waals surface area contributed by atoms with Gasteiger partial charge in [0.15, 0.2) is 11.5 Å². The third-order valence-electron chi connectivity index (χ3n) is 4.16. The highest BCUT2D eigenvalue weighted by molar-refractivity contribution is 6.33. The van der Waals surface area contributed by atoms with E-state index in [1.165, 1.54) is 0 Å². The fourth-order valence-corrected chi connectivity index (χ4v) is 3.22. The molecule has 1 unspecified atom stereocenters. The van der Waals surface area contributed by atoms with Gasteiger partial charge in [0.2, 0.25) is 6.79 Å². The number of fused-ring (bicyclic) bond motifs is 1. The van der Waals surface area contributed by atoms with Gasteiger partial charge in [-0.25, -0.2) is 4.98 Å². The predicted molar refractivity (Wildman–Crippen MR) is 86.0 cm³/mol. The number of rotatable bonds is 3. The van der Waals surface area contributed by atoms with Gasteiger partial charge in [-0.3, -0.25) is 0 Å². The first-order valence-electron chi connectivity index (χ1n) is 7.61. The van der Waals surface area contributed by atoms with Gasteiger partial charge in [0, 0.05) is 37.1 Å². The molecule has 0 bridgehead atoms. The van der Waals surface area contributed by atoms with Gasteiger partial charge in [-0.15, -0.1) is 0 Å². The van der Waals surface area contributed by atoms with E-state index in [0.717, 1.165) is 37.6 Å². The first-order chi connectivity index (χ1) is 11.2. The van der Waals surface area contributed by atoms with Crippen LogP contribution in [0.4, 0.5) is 0 Å². The number of likely N-dealkylation sites (N-methyl/N-ethyl adjacent to an activating group) is 1. The molecule has 2 aliphatic rings. The maximum atomic E-state index is 6.41. The highest BCUT2D eigenvalue weighted by Crippen LogP contribution is 2.40. The SMILES string of the molecule is CN1CCOC(Cn2ccnc2-c2cc3c(cc2Cl)OCO3)C1. The maximum Gasteiger partial charge on any atom is 0.231 e. The topological polar surface area (TPSA) is 48.8 Å². The van der Waals surface area contributed by atoms with Crippen LogP contribution in [0.3, 0.4) is 0 Å². The fourth-order valence-electron chi connectivity index (χ4n) is 2.99. The second-order valence-electron chi connectivity index (χ2n) is 5.84. The molecule has 2 aliphatic heterocycles. The number of nitrogens with zero attached hydrogens (tertiary/aromatic N) is 3. The van der Waals surface area contributed by atoms with Gasteiger partial charge in [-0.1, -0.05) is 11.6 Å². The van der Waals surface area contributed by atoms with Crippen molar-refractivity contribution in [2.45, 2.75) is 12.6 Å². The van der Waals surface area contributed by atoms with Gasteiger partial charge in [0.05, 0.1) is 24.3 Å². The van der Waals surface area contributed by atoms with E-state index in [1.807, 2.05) is 12.3 Å². The highest BCUT2D eigenvalue weighted by atomic mass is 35.5. The van der Waals surface area contributed by atoms with Crippen molar-refractivity contribution in [1.29, 1.82) is 0 Å². The minimum Gasteiger partial charge on any atom is -0.454 e. The van der Waals surface area contributed by atoms with Gasteiger partial charge >= 0.3 is 0 Å². The van der Waals surface area contributed by atoms with Crippen LogP contribution in [0, 0.1) is 0 Å². The van der Waals surface area contributed by atoms with Crippen molar-refractivity contribution in [2.75, 3.05) is 33.5 Å². The molecule has 6 nitrogen and oxygen atoms in total. The zero-order valence-corrected chi connectivity index (χ0v) is 13.6. The molecular formula is C16H18ClN3O3. The Hall–Kier alpha value is -1.76. The average Bonchev–Trinajstić information content (AvgIpc) is 3.15. The molecule has 1 saturated heterocycles. The van der Waals surface area contributed by atoms with E-state index in [9.17, 15) is 0 Å². The molecule has 122 valence electrons. The minimum absolute atomic E-state index is 0.148. The fraction of sp³-hybridized carbons (Fsp3) is 0.438. The van der Waals surface area contributed by atoms with Crippen LogP contribution < -0.4 is 9.47 Å². The summed E-state index contributed by atoms with van der Waals surface area (Å²) in [6.07, 6.45) is 3.88. The van der Waals surface area contributed by atoms with Crippen LogP contribution in [0.15, 0.2) is 24.5 Å². The molecule has 1 aromatic carbocycles. The number of benzene rings is 1. The Balaban J connectivity index is 1.62. The third-order valence-corrected chi connectivity index (χ3v) is 4.47. The molecule has 0 amide bonds. The summed E-state index contributed by atoms with van der Waals surface area (Å²) in [6.45, 7) is 3.61. The van der Waals surface area contributed by atoms with E-state index in [0.29, 0.717) is 16.5 Å². The van der Waals surface area contributed by atoms with Crippen molar-refractivity contribution >= 4 is 11.6 Å². The van der Waals surface area contributed by atoms with Crippen LogP contribution in [-0.2, 0) is 11.3 Å². The van der Waals surface area contributed by atoms with Gasteiger partial charge < -0.3 is 23.7 Å². The first kappa shape index (κ1) is 14.8. The van der Waals surface area contributed by atoms with Crippen LogP contribution in [0.5, 0.6) is 11.5 Å². The van der Waals surface area contributed by atoms with E-state index >= 15 is 0 Å². The second kappa shape index (κ2) is 6.03. The van der Waals surface area contributed by atoms with Crippen molar-refractivity contribution in [3.63, 3.8) is 0 Å². The molecule has 7 heteroatoms. The van der Waals surface area contributed by atoms with Crippen LogP contribution in [0.25, 0.3) is 11.4 Å². The zero-order chi connectivity index (χ0) is 15.8. The molecule has 0 radical (unpaired) electrons. The lowest BCUT2D eigenvalue weighted by atomic mass is 10.1. The zero-order valence-electron chi connectivity index (χ0n) is 12.9. The molecule has 23 heavy (non-hydrogen) atoms. The second-order valence-corrected chi connectivity index (χ2v) is 6.25. The van der Waals surface area contributed by atoms with E-state index in [2.05, 4.69) is 21.5 Å². The van der Waals surface area contributed by atoms with Crippen molar-refractivity contribution in [3.8, 4) is 22.9 Å². The van der Waals surface area contributed by atoms with E-state index in [1.54, 1.807) is 12.3 Å². The lowest BCUT2D eigenvalue weighted by Gasteiger charge is -2.30. The van der Waals surface area contributed by atoms with Gasteiger partial charge in [-0.05, 0) is 13.1 Å². The summed E-state index contributed by atoms with van der Waals surface area (Å²) < 4.78 is 18.7. The lowest BCUT2D eigenvalue weighted by Crippen LogP contribution is -2.41. The van der Waals surface area contributed by atoms with Crippen molar-refractivity contribution in [3.05, 3.63) is 29.5 Å². The molecule has 1 aromatic heterocycles. The Labute approximate surface area is 139 Å². The Morgan fingerprint density at radius 2 is 2.13 bits per heavy atom. The van der Waals surface area contributed by atoms with Crippen molar-refractivity contribution in [1.82, 2.24) is 14.5 Å². The Bertz CT molecular complexity index is 719. The Morgan fingerprint density at radius 3 is 2.96 bits per heavy atom. The number of halogens is 1. The van der Waals surface area contributed by atoms with Gasteiger partial charge in [0.1, 0.15) is 5.82 Å². The Kier molecular flexibility index (Phi) is 3.88. The average molecular weight is 336 g/mol. The molecule has 3 heterocycles. The molecule has 0 saturated carbocycles. The minimum atomic E-state index is 0.148. The molecule has 2 aromatic rings. The molecule has 0 aliphatic carbocycles. The van der Waals surface area contributed by atoms with Crippen LogP contribution in [0.2, 0.25) is 5.02 Å². The predicted octanol–water partition coefficient (Wildman–Crippen LogP) is 2.26. The smallest absolute Gasteiger partial charge is 0.231 e. The normalized spacial score (nSPS) is 20.9. The number of ether oxygens (including phenoxy) is 3. The van der Waals surface area contributed by atoms with Crippen molar-refractivity contribution < 1.29 is 14.2 Å². The van der Waals surface area contributed by atoms with Crippen LogP contribution in [-0.4, -0.2) is 54.1 Å². The largest absolute Gasteiger partial charge is 0.454 e. The monoisotopic (exact) mass is 335 g/mol. The van der Waals surface area contributed by atoms with Crippen molar-refractivity contribution in [2.24, 2.45) is 0 Å². The molecular weight excluding hydrogens is 318 g/mol. The summed E-state index contributed by atoms with van der Waals surface area (Å²) in [6, 6.07) is 3.67. The van der Waals surface area contributed by atoms with E-state index in [4.69, 9.17) is 25.8 Å². The quantitative estimate of drug-likeness (QED) is 0.861. The number of imidazole rings is 1.